The van der Waals surface area contributed by atoms with Crippen LogP contribution in [-0.4, -0.2) is 4.06 Å². The molecular weight excluding hydrogens is 334 g/mol. The van der Waals surface area contributed by atoms with E-state index in [4.69, 9.17) is 15.2 Å². The fraction of sp³-hybridized carbons (Fsp3) is 0.438. The van der Waals surface area contributed by atoms with Crippen molar-refractivity contribution < 1.29 is 24.0 Å². The van der Waals surface area contributed by atoms with Gasteiger partial charge >= 0.3 is 89.5 Å². The van der Waals surface area contributed by atoms with Crippen molar-refractivity contribution in [2.24, 2.45) is 0 Å². The van der Waals surface area contributed by atoms with Crippen LogP contribution in [0.4, 0.5) is 0 Å². The third kappa shape index (κ3) is 10.8. The van der Waals surface area contributed by atoms with E-state index >= 15 is 0 Å². The molecule has 0 amide bonds. The summed E-state index contributed by atoms with van der Waals surface area (Å²) in [6, 6.07) is 8.50. The van der Waals surface area contributed by atoms with Crippen LogP contribution in [-0.2, 0) is 24.0 Å². The molecule has 0 spiro atoms. The van der Waals surface area contributed by atoms with E-state index in [1.807, 2.05) is 19.4 Å². The van der Waals surface area contributed by atoms with E-state index in [1.165, 1.54) is 48.8 Å². The Morgan fingerprint density at radius 2 is 1.45 bits per heavy atom. The molecule has 0 aliphatic heterocycles. The van der Waals surface area contributed by atoms with Crippen molar-refractivity contribution in [3.63, 3.8) is 0 Å². The molecule has 4 heteroatoms. The van der Waals surface area contributed by atoms with Gasteiger partial charge in [0.25, 0.3) is 0 Å². The van der Waals surface area contributed by atoms with Crippen molar-refractivity contribution >= 4 is 9.63 Å². The number of hydrogen-bond donors (Lipinski definition) is 0. The zero-order valence-electron chi connectivity index (χ0n) is 12.0. The summed E-state index contributed by atoms with van der Waals surface area (Å²) in [4.78, 5) is 7.25. The van der Waals surface area contributed by atoms with Crippen LogP contribution < -0.4 is 0 Å². The van der Waals surface area contributed by atoms with Crippen LogP contribution >= 0.6 is 0 Å². The predicted octanol–water partition coefficient (Wildman–Crippen LogP) is 4.58. The molecule has 2 rings (SSSR count). The van der Waals surface area contributed by atoms with E-state index in [9.17, 15) is 0 Å². The normalized spacial score (nSPS) is 11.2. The molecule has 0 saturated heterocycles. The zero-order chi connectivity index (χ0) is 15.8. The minimum absolute atomic E-state index is 1.22. The predicted molar refractivity (Wildman–Crippen MR) is 79.0 cm³/mol. The fourth-order valence-corrected chi connectivity index (χ4v) is 2.04. The summed E-state index contributed by atoms with van der Waals surface area (Å²) in [7, 11) is 0. The standard InChI is InChI=1S/C10H10.C5H10.CO.Mo.NO/c1-8(2)10-6-4-9(3)5-7-10;1-2-4-5-3-1;1-2;;1-2/h4-7H,1,3H3;1-5H2;;;/q;;;;-1. The minimum atomic E-state index is 1.22. The second-order valence-corrected chi connectivity index (χ2v) is 4.86. The molecular formula is C16H20MoNO2-. The van der Waals surface area contributed by atoms with Gasteiger partial charge in [-0.05, 0) is 0 Å². The average Bonchev–Trinajstić information content (AvgIpc) is 3.11. The maximum absolute atomic E-state index is 7.50. The third-order valence-electron chi connectivity index (χ3n) is 2.89. The topological polar surface area (TPSA) is 59.3 Å². The summed E-state index contributed by atoms with van der Waals surface area (Å²) in [6.07, 6.45) is 7.50. The fourth-order valence-electron chi connectivity index (χ4n) is 1.75. The molecule has 1 aliphatic rings. The van der Waals surface area contributed by atoms with E-state index in [0.717, 1.165) is 0 Å². The largest absolute Gasteiger partial charge is 0.577 e. The van der Waals surface area contributed by atoms with Crippen LogP contribution in [0.25, 0.3) is 11.2 Å². The molecule has 108 valence electrons. The van der Waals surface area contributed by atoms with Crippen LogP contribution in [0.2, 0.25) is 0 Å². The van der Waals surface area contributed by atoms with Gasteiger partial charge in [-0.15, -0.1) is 0 Å². The van der Waals surface area contributed by atoms with Gasteiger partial charge in [-0.1, -0.05) is 32.1 Å². The molecule has 1 saturated carbocycles. The Morgan fingerprint density at radius 1 is 1.10 bits per heavy atom. The first-order valence-corrected chi connectivity index (χ1v) is 7.42. The Hall–Kier alpha value is -1.10. The first kappa shape index (κ1) is 21.2. The van der Waals surface area contributed by atoms with Crippen LogP contribution in [0.3, 0.4) is 0 Å². The number of benzene rings is 1. The number of hydrogen-bond acceptors (Lipinski definition) is 1. The SMILES string of the molecule is C1CCCC1.CC(=[C]=[Mo])c1ccc(C)cc1.[C-]#[O+].[N-]=O. The van der Waals surface area contributed by atoms with Crippen LogP contribution in [0.1, 0.15) is 50.2 Å². The van der Waals surface area contributed by atoms with Crippen molar-refractivity contribution in [1.29, 1.82) is 0 Å². The van der Waals surface area contributed by atoms with E-state index in [1.54, 1.807) is 0 Å². The summed E-state index contributed by atoms with van der Waals surface area (Å²) < 4.78 is 10.6. The van der Waals surface area contributed by atoms with Gasteiger partial charge < -0.3 is 10.5 Å². The van der Waals surface area contributed by atoms with Gasteiger partial charge in [0.1, 0.15) is 0 Å². The monoisotopic (exact) mass is 356 g/mol. The molecule has 1 aromatic carbocycles. The Bertz CT molecular complexity index is 408. The Kier molecular flexibility index (Phi) is 16.9. The van der Waals surface area contributed by atoms with Gasteiger partial charge in [-0.3, -0.25) is 0 Å². The van der Waals surface area contributed by atoms with Gasteiger partial charge in [-0.2, -0.15) is 0 Å². The molecule has 0 N–H and O–H groups in total. The molecule has 1 fully saturated rings. The molecule has 1 aromatic rings. The summed E-state index contributed by atoms with van der Waals surface area (Å²) in [5.41, 5.74) is 9.54. The molecule has 0 atom stereocenters. The van der Waals surface area contributed by atoms with Crippen molar-refractivity contribution in [2.45, 2.75) is 46.0 Å². The Morgan fingerprint density at radius 3 is 1.75 bits per heavy atom. The van der Waals surface area contributed by atoms with Crippen molar-refractivity contribution in [3.8, 4) is 0 Å². The number of rotatable bonds is 1. The summed E-state index contributed by atoms with van der Waals surface area (Å²) in [5.74, 6) is 0. The second-order valence-electron chi connectivity index (χ2n) is 4.36. The van der Waals surface area contributed by atoms with Crippen LogP contribution in [0.5, 0.6) is 0 Å². The molecule has 20 heavy (non-hydrogen) atoms. The quantitative estimate of drug-likeness (QED) is 0.414. The number of allylic oxidation sites excluding steroid dienone is 1. The Labute approximate surface area is 132 Å². The van der Waals surface area contributed by atoms with Gasteiger partial charge in [0.2, 0.25) is 0 Å². The van der Waals surface area contributed by atoms with Crippen LogP contribution in [0, 0.1) is 18.5 Å². The maximum atomic E-state index is 7.50. The van der Waals surface area contributed by atoms with E-state index < -0.39 is 0 Å². The minimum Gasteiger partial charge on any atom is -0.577 e. The Balaban J connectivity index is 0. The molecule has 0 bridgehead atoms. The molecule has 0 heterocycles. The number of aryl methyl sites for hydroxylation is 1. The van der Waals surface area contributed by atoms with E-state index in [0.29, 0.717) is 0 Å². The summed E-state index contributed by atoms with van der Waals surface area (Å²) >= 11 is 1.87. The average molecular weight is 354 g/mol. The molecule has 3 nitrogen and oxygen atoms in total. The third-order valence-corrected chi connectivity index (χ3v) is 3.64. The van der Waals surface area contributed by atoms with Gasteiger partial charge in [0.05, 0.1) is 0 Å². The van der Waals surface area contributed by atoms with Crippen molar-refractivity contribution in [2.75, 3.05) is 0 Å². The molecule has 0 unspecified atom stereocenters. The van der Waals surface area contributed by atoms with Crippen molar-refractivity contribution in [1.82, 2.24) is 0 Å². The second kappa shape index (κ2) is 16.0. The first-order valence-electron chi connectivity index (χ1n) is 6.41. The molecule has 1 aliphatic carbocycles. The molecule has 0 radical (unpaired) electrons. The first-order chi connectivity index (χ1) is 9.74. The summed E-state index contributed by atoms with van der Waals surface area (Å²) in [5, 5.41) is 0. The molecule has 0 aromatic heterocycles. The van der Waals surface area contributed by atoms with E-state index in [-0.39, 0.29) is 0 Å². The number of nitroso groups, excluding NO2 is 1. The van der Waals surface area contributed by atoms with E-state index in [2.05, 4.69) is 48.8 Å². The van der Waals surface area contributed by atoms with Gasteiger partial charge in [0, 0.05) is 0 Å². The maximum Gasteiger partial charge on any atom is -0.423 e. The van der Waals surface area contributed by atoms with Crippen molar-refractivity contribution in [3.05, 3.63) is 52.5 Å². The van der Waals surface area contributed by atoms with Gasteiger partial charge in [-0.25, -0.2) is 0 Å². The summed E-state index contributed by atoms with van der Waals surface area (Å²) in [6.45, 7) is 8.67. The smallest absolute Gasteiger partial charge is 0.423 e. The van der Waals surface area contributed by atoms with Gasteiger partial charge in [0.15, 0.2) is 0 Å². The van der Waals surface area contributed by atoms with Crippen LogP contribution in [0.15, 0.2) is 24.3 Å². The number of nitrogens with zero attached hydrogens (tertiary/aromatic N) is 1. The zero-order valence-corrected chi connectivity index (χ0v) is 14.0.